The van der Waals surface area contributed by atoms with Gasteiger partial charge in [-0.2, -0.15) is 18.2 Å². The highest BCUT2D eigenvalue weighted by Gasteiger charge is 2.34. The number of nitrogens with zero attached hydrogens (tertiary/aromatic N) is 6. The number of halogens is 3. The Bertz CT molecular complexity index is 1250. The molecule has 1 aromatic heterocycles. The zero-order chi connectivity index (χ0) is 26.2. The van der Waals surface area contributed by atoms with Crippen LogP contribution in [0.3, 0.4) is 0 Å². The average molecular weight is 512 g/mol. The van der Waals surface area contributed by atoms with Gasteiger partial charge in [0.25, 0.3) is 0 Å². The minimum absolute atomic E-state index is 0.245. The number of hydrogen-bond donors (Lipinski definition) is 1. The average Bonchev–Trinajstić information content (AvgIpc) is 2.99. The van der Waals surface area contributed by atoms with E-state index in [1.807, 2.05) is 37.2 Å². The first kappa shape index (κ1) is 25.3. The number of aromatic nitrogens is 2. The Kier molecular flexibility index (Phi) is 6.96. The summed E-state index contributed by atoms with van der Waals surface area (Å²) in [4.78, 5) is 17.6. The Hall–Kier alpha value is -3.37. The van der Waals surface area contributed by atoms with Crippen molar-refractivity contribution in [2.75, 3.05) is 61.9 Å². The zero-order valence-corrected chi connectivity index (χ0v) is 21.4. The molecule has 0 unspecified atom stereocenters. The van der Waals surface area contributed by atoms with Crippen molar-refractivity contribution in [3.8, 4) is 0 Å². The second-order valence-electron chi connectivity index (χ2n) is 9.65. The Labute approximate surface area is 215 Å². The van der Waals surface area contributed by atoms with Crippen molar-refractivity contribution in [1.82, 2.24) is 19.8 Å². The monoisotopic (exact) mass is 511 g/mol. The third-order valence-electron chi connectivity index (χ3n) is 7.22. The van der Waals surface area contributed by atoms with Gasteiger partial charge in [-0.15, -0.1) is 0 Å². The zero-order valence-electron chi connectivity index (χ0n) is 21.4. The van der Waals surface area contributed by atoms with Crippen molar-refractivity contribution >= 4 is 28.8 Å². The van der Waals surface area contributed by atoms with Crippen LogP contribution in [0.25, 0.3) is 0 Å². The van der Waals surface area contributed by atoms with E-state index >= 15 is 0 Å². The van der Waals surface area contributed by atoms with Crippen LogP contribution in [-0.2, 0) is 19.3 Å². The molecule has 3 aromatic rings. The minimum atomic E-state index is -4.46. The van der Waals surface area contributed by atoms with Gasteiger partial charge in [0.1, 0.15) is 0 Å². The van der Waals surface area contributed by atoms with E-state index in [2.05, 4.69) is 43.0 Å². The Morgan fingerprint density at radius 1 is 0.946 bits per heavy atom. The standard InChI is InChI=1S/C27H32F3N7/c1-4-36-11-13-37(14-12-36)18-19-9-10-21(15-22(19)27(28,29)30)32-26-31-16-24-25(33-26)35(3)23-8-6-5-7-20(23)17-34(24)2/h5-10,15-16H,4,11-14,17-18H2,1-3H3,(H,31,32,33). The van der Waals surface area contributed by atoms with Crippen molar-refractivity contribution in [3.05, 3.63) is 65.4 Å². The number of anilines is 5. The lowest BCUT2D eigenvalue weighted by molar-refractivity contribution is -0.138. The summed E-state index contributed by atoms with van der Waals surface area (Å²) in [6.45, 7) is 7.32. The largest absolute Gasteiger partial charge is 0.416 e. The summed E-state index contributed by atoms with van der Waals surface area (Å²) in [5, 5.41) is 3.00. The van der Waals surface area contributed by atoms with Gasteiger partial charge in [-0.25, -0.2) is 4.98 Å². The molecule has 2 aliphatic rings. The summed E-state index contributed by atoms with van der Waals surface area (Å²) in [5.74, 6) is 0.929. The van der Waals surface area contributed by atoms with E-state index < -0.39 is 11.7 Å². The Morgan fingerprint density at radius 2 is 1.68 bits per heavy atom. The van der Waals surface area contributed by atoms with E-state index in [1.54, 1.807) is 18.3 Å². The molecule has 1 saturated heterocycles. The molecular formula is C27H32F3N7. The molecule has 37 heavy (non-hydrogen) atoms. The summed E-state index contributed by atoms with van der Waals surface area (Å²) >= 11 is 0. The van der Waals surface area contributed by atoms with Crippen LogP contribution in [0.5, 0.6) is 0 Å². The first-order chi connectivity index (χ1) is 17.7. The molecule has 196 valence electrons. The van der Waals surface area contributed by atoms with Gasteiger partial charge in [-0.1, -0.05) is 31.2 Å². The Morgan fingerprint density at radius 3 is 2.41 bits per heavy atom. The lowest BCUT2D eigenvalue weighted by Crippen LogP contribution is -2.45. The number of hydrogen-bond acceptors (Lipinski definition) is 7. The number of rotatable bonds is 5. The van der Waals surface area contributed by atoms with E-state index in [1.165, 1.54) is 0 Å². The normalized spacial score (nSPS) is 16.8. The number of nitrogens with one attached hydrogen (secondary N) is 1. The van der Waals surface area contributed by atoms with Gasteiger partial charge >= 0.3 is 6.18 Å². The topological polar surface area (TPSA) is 50.8 Å². The quantitative estimate of drug-likeness (QED) is 0.512. The highest BCUT2D eigenvalue weighted by atomic mass is 19.4. The van der Waals surface area contributed by atoms with Crippen LogP contribution in [0.2, 0.25) is 0 Å². The molecule has 0 bridgehead atoms. The number of fused-ring (bicyclic) bond motifs is 2. The van der Waals surface area contributed by atoms with Gasteiger partial charge < -0.3 is 20.0 Å². The van der Waals surface area contributed by atoms with Crippen LogP contribution in [0.4, 0.5) is 42.0 Å². The van der Waals surface area contributed by atoms with Crippen LogP contribution in [0.1, 0.15) is 23.6 Å². The van der Waals surface area contributed by atoms with Gasteiger partial charge in [0, 0.05) is 64.7 Å². The van der Waals surface area contributed by atoms with Crippen LogP contribution >= 0.6 is 0 Å². The molecule has 0 atom stereocenters. The molecular weight excluding hydrogens is 479 g/mol. The van der Waals surface area contributed by atoms with Gasteiger partial charge in [0.2, 0.25) is 5.95 Å². The maximum absolute atomic E-state index is 14.0. The predicted octanol–water partition coefficient (Wildman–Crippen LogP) is 5.09. The molecule has 1 fully saturated rings. The molecule has 3 heterocycles. The van der Waals surface area contributed by atoms with Gasteiger partial charge in [-0.05, 0) is 35.9 Å². The van der Waals surface area contributed by atoms with Crippen LogP contribution < -0.4 is 15.1 Å². The van der Waals surface area contributed by atoms with Crippen LogP contribution in [0, 0.1) is 0 Å². The highest BCUT2D eigenvalue weighted by molar-refractivity contribution is 5.78. The smallest absolute Gasteiger partial charge is 0.366 e. The van der Waals surface area contributed by atoms with E-state index in [0.717, 1.165) is 55.7 Å². The molecule has 0 saturated carbocycles. The fraction of sp³-hybridized carbons (Fsp3) is 0.407. The SMILES string of the molecule is CCN1CCN(Cc2ccc(Nc3ncc4c(n3)N(C)c3ccccc3CN4C)cc2C(F)(F)F)CC1. The summed E-state index contributed by atoms with van der Waals surface area (Å²) in [7, 11) is 3.91. The minimum Gasteiger partial charge on any atom is -0.366 e. The third-order valence-corrected chi connectivity index (χ3v) is 7.22. The molecule has 10 heteroatoms. The van der Waals surface area contributed by atoms with Crippen LogP contribution in [-0.4, -0.2) is 66.6 Å². The fourth-order valence-corrected chi connectivity index (χ4v) is 5.06. The maximum atomic E-state index is 14.0. The van der Waals surface area contributed by atoms with Gasteiger partial charge in [0.05, 0.1) is 17.4 Å². The van der Waals surface area contributed by atoms with E-state index in [-0.39, 0.29) is 18.1 Å². The van der Waals surface area contributed by atoms with Crippen molar-refractivity contribution in [3.63, 3.8) is 0 Å². The number of para-hydroxylation sites is 1. The van der Waals surface area contributed by atoms with E-state index in [9.17, 15) is 13.2 Å². The fourth-order valence-electron chi connectivity index (χ4n) is 5.06. The number of benzene rings is 2. The van der Waals surface area contributed by atoms with Crippen molar-refractivity contribution in [1.29, 1.82) is 0 Å². The lowest BCUT2D eigenvalue weighted by atomic mass is 10.0. The molecule has 5 rings (SSSR count). The van der Waals surface area contributed by atoms with Gasteiger partial charge in [-0.3, -0.25) is 4.90 Å². The molecule has 0 radical (unpaired) electrons. The van der Waals surface area contributed by atoms with Crippen molar-refractivity contribution < 1.29 is 13.2 Å². The predicted molar refractivity (Wildman–Crippen MR) is 141 cm³/mol. The summed E-state index contributed by atoms with van der Waals surface area (Å²) in [5.41, 5.74) is 2.98. The highest BCUT2D eigenvalue weighted by Crippen LogP contribution is 2.39. The number of likely N-dealkylation sites (N-methyl/N-ethyl adjacent to an activating group) is 1. The second kappa shape index (κ2) is 10.2. The third kappa shape index (κ3) is 5.35. The van der Waals surface area contributed by atoms with Crippen LogP contribution in [0.15, 0.2) is 48.7 Å². The van der Waals surface area contributed by atoms with Crippen molar-refractivity contribution in [2.24, 2.45) is 0 Å². The maximum Gasteiger partial charge on any atom is 0.416 e. The molecule has 0 spiro atoms. The van der Waals surface area contributed by atoms with E-state index in [4.69, 9.17) is 0 Å². The second-order valence-corrected chi connectivity index (χ2v) is 9.65. The molecule has 0 aliphatic carbocycles. The lowest BCUT2D eigenvalue weighted by Gasteiger charge is -2.34. The number of piperazine rings is 1. The summed E-state index contributed by atoms with van der Waals surface area (Å²) in [6, 6.07) is 12.5. The summed E-state index contributed by atoms with van der Waals surface area (Å²) in [6.07, 6.45) is -2.75. The molecule has 2 aromatic carbocycles. The summed E-state index contributed by atoms with van der Waals surface area (Å²) < 4.78 is 42.1. The van der Waals surface area contributed by atoms with E-state index in [0.29, 0.717) is 18.1 Å². The first-order valence-electron chi connectivity index (χ1n) is 12.5. The molecule has 7 nitrogen and oxygen atoms in total. The Balaban J connectivity index is 1.40. The van der Waals surface area contributed by atoms with Gasteiger partial charge in [0.15, 0.2) is 5.82 Å². The van der Waals surface area contributed by atoms with Crippen molar-refractivity contribution in [2.45, 2.75) is 26.2 Å². The molecule has 0 amide bonds. The first-order valence-corrected chi connectivity index (χ1v) is 12.5. The number of alkyl halides is 3. The molecule has 1 N–H and O–H groups in total. The molecule has 2 aliphatic heterocycles.